The monoisotopic (exact) mass is 273 g/mol. The Bertz CT molecular complexity index is 642. The highest BCUT2D eigenvalue weighted by atomic mass is 16.4. The van der Waals surface area contributed by atoms with Crippen LogP contribution < -0.4 is 0 Å². The van der Waals surface area contributed by atoms with Gasteiger partial charge in [-0.25, -0.2) is 0 Å². The molecule has 1 N–H and O–H groups in total. The zero-order chi connectivity index (χ0) is 14.3. The maximum atomic E-state index is 12.1. The number of carbonyl (C=O) groups is 2. The molecule has 1 aliphatic rings. The largest absolute Gasteiger partial charge is 0.481 e. The summed E-state index contributed by atoms with van der Waals surface area (Å²) >= 11 is 0. The van der Waals surface area contributed by atoms with Gasteiger partial charge < -0.3 is 14.4 Å². The summed E-state index contributed by atoms with van der Waals surface area (Å²) in [5, 5.41) is 9.85. The molecular formula is C15H15NO4. The van der Waals surface area contributed by atoms with Crippen molar-refractivity contribution in [2.24, 2.45) is 11.8 Å². The molecular weight excluding hydrogens is 258 g/mol. The molecule has 1 aromatic carbocycles. The number of nitrogens with zero attached hydrogens (tertiary/aromatic N) is 1. The normalized spacial score (nSPS) is 20.9. The van der Waals surface area contributed by atoms with E-state index >= 15 is 0 Å². The van der Waals surface area contributed by atoms with Gasteiger partial charge in [0.1, 0.15) is 11.3 Å². The van der Waals surface area contributed by atoms with Crippen LogP contribution in [0.5, 0.6) is 0 Å². The van der Waals surface area contributed by atoms with Crippen molar-refractivity contribution in [2.45, 2.75) is 13.0 Å². The highest BCUT2D eigenvalue weighted by molar-refractivity contribution is 5.89. The maximum absolute atomic E-state index is 12.1. The molecule has 1 fully saturated rings. The van der Waals surface area contributed by atoms with E-state index in [9.17, 15) is 9.59 Å². The Morgan fingerprint density at radius 1 is 1.35 bits per heavy atom. The molecule has 2 atom stereocenters. The van der Waals surface area contributed by atoms with Gasteiger partial charge in [0.2, 0.25) is 5.91 Å². The van der Waals surface area contributed by atoms with Crippen molar-refractivity contribution in [3.63, 3.8) is 0 Å². The summed E-state index contributed by atoms with van der Waals surface area (Å²) < 4.78 is 5.65. The van der Waals surface area contributed by atoms with Gasteiger partial charge in [-0.1, -0.05) is 18.2 Å². The first kappa shape index (κ1) is 12.7. The number of rotatable bonds is 4. The Morgan fingerprint density at radius 3 is 2.75 bits per heavy atom. The van der Waals surface area contributed by atoms with E-state index in [1.165, 1.54) is 4.90 Å². The van der Waals surface area contributed by atoms with Crippen LogP contribution in [-0.4, -0.2) is 28.9 Å². The Morgan fingerprint density at radius 2 is 2.10 bits per heavy atom. The quantitative estimate of drug-likeness (QED) is 0.926. The lowest BCUT2D eigenvalue weighted by molar-refractivity contribution is -0.141. The average Bonchev–Trinajstić information content (AvgIpc) is 3.12. The van der Waals surface area contributed by atoms with Crippen molar-refractivity contribution in [3.05, 3.63) is 36.1 Å². The van der Waals surface area contributed by atoms with Crippen LogP contribution in [-0.2, 0) is 16.1 Å². The van der Waals surface area contributed by atoms with Crippen molar-refractivity contribution in [3.8, 4) is 0 Å². The van der Waals surface area contributed by atoms with Crippen LogP contribution in [0.2, 0.25) is 0 Å². The summed E-state index contributed by atoms with van der Waals surface area (Å²) in [6, 6.07) is 9.55. The van der Waals surface area contributed by atoms with E-state index in [0.717, 1.165) is 11.0 Å². The second-order valence-electron chi connectivity index (χ2n) is 5.23. The van der Waals surface area contributed by atoms with Crippen molar-refractivity contribution in [2.75, 3.05) is 7.05 Å². The highest BCUT2D eigenvalue weighted by Gasteiger charge is 2.49. The van der Waals surface area contributed by atoms with E-state index < -0.39 is 11.9 Å². The van der Waals surface area contributed by atoms with Gasteiger partial charge in [-0.3, -0.25) is 9.59 Å². The van der Waals surface area contributed by atoms with E-state index in [1.54, 1.807) is 7.05 Å². The molecule has 1 heterocycles. The Hall–Kier alpha value is -2.30. The molecule has 2 aromatic rings. The molecule has 0 aliphatic heterocycles. The summed E-state index contributed by atoms with van der Waals surface area (Å²) in [7, 11) is 1.67. The number of fused-ring (bicyclic) bond motifs is 1. The summed E-state index contributed by atoms with van der Waals surface area (Å²) in [5.41, 5.74) is 0.790. The minimum atomic E-state index is -0.888. The number of aliphatic carboxylic acids is 1. The van der Waals surface area contributed by atoms with Gasteiger partial charge in [0, 0.05) is 12.4 Å². The lowest BCUT2D eigenvalue weighted by Gasteiger charge is -2.15. The van der Waals surface area contributed by atoms with Crippen molar-refractivity contribution >= 4 is 22.8 Å². The van der Waals surface area contributed by atoms with Gasteiger partial charge in [0.25, 0.3) is 0 Å². The minimum Gasteiger partial charge on any atom is -0.481 e. The van der Waals surface area contributed by atoms with E-state index in [0.29, 0.717) is 18.7 Å². The van der Waals surface area contributed by atoms with Gasteiger partial charge in [-0.15, -0.1) is 0 Å². The van der Waals surface area contributed by atoms with Crippen molar-refractivity contribution < 1.29 is 19.1 Å². The minimum absolute atomic E-state index is 0.127. The number of para-hydroxylation sites is 1. The van der Waals surface area contributed by atoms with E-state index in [1.807, 2.05) is 30.3 Å². The molecule has 5 heteroatoms. The molecule has 1 amide bonds. The molecule has 1 saturated carbocycles. The Labute approximate surface area is 115 Å². The van der Waals surface area contributed by atoms with Crippen molar-refractivity contribution in [1.82, 2.24) is 4.90 Å². The fraction of sp³-hybridized carbons (Fsp3) is 0.333. The zero-order valence-corrected chi connectivity index (χ0v) is 11.1. The molecule has 20 heavy (non-hydrogen) atoms. The number of hydrogen-bond donors (Lipinski definition) is 1. The number of amides is 1. The second kappa shape index (κ2) is 4.67. The molecule has 0 radical (unpaired) electrons. The Balaban J connectivity index is 1.68. The highest BCUT2D eigenvalue weighted by Crippen LogP contribution is 2.40. The molecule has 1 aromatic heterocycles. The maximum Gasteiger partial charge on any atom is 0.307 e. The molecule has 5 nitrogen and oxygen atoms in total. The van der Waals surface area contributed by atoms with Crippen LogP contribution in [0.15, 0.2) is 34.7 Å². The molecule has 0 saturated heterocycles. The third-order valence-electron chi connectivity index (χ3n) is 3.67. The number of furan rings is 1. The lowest BCUT2D eigenvalue weighted by Crippen LogP contribution is -2.28. The fourth-order valence-electron chi connectivity index (χ4n) is 2.45. The third-order valence-corrected chi connectivity index (χ3v) is 3.67. The van der Waals surface area contributed by atoms with Crippen molar-refractivity contribution in [1.29, 1.82) is 0 Å². The molecule has 3 rings (SSSR count). The molecule has 0 spiro atoms. The van der Waals surface area contributed by atoms with Gasteiger partial charge in [0.05, 0.1) is 18.4 Å². The SMILES string of the molecule is CN(Cc1cc2ccccc2o1)C(=O)C1CC1C(=O)O. The number of benzene rings is 1. The number of carboxylic acids is 1. The van der Waals surface area contributed by atoms with Gasteiger partial charge >= 0.3 is 5.97 Å². The lowest BCUT2D eigenvalue weighted by atomic mass is 10.2. The third kappa shape index (κ3) is 2.27. The first-order chi connectivity index (χ1) is 9.56. The topological polar surface area (TPSA) is 70.8 Å². The smallest absolute Gasteiger partial charge is 0.307 e. The van der Waals surface area contributed by atoms with Gasteiger partial charge in [-0.2, -0.15) is 0 Å². The van der Waals surface area contributed by atoms with Gasteiger partial charge in [-0.05, 0) is 18.6 Å². The van der Waals surface area contributed by atoms with Crippen LogP contribution >= 0.6 is 0 Å². The van der Waals surface area contributed by atoms with E-state index in [2.05, 4.69) is 0 Å². The number of hydrogen-bond acceptors (Lipinski definition) is 3. The van der Waals surface area contributed by atoms with Crippen LogP contribution in [0.4, 0.5) is 0 Å². The molecule has 104 valence electrons. The standard InChI is InChI=1S/C15H15NO4/c1-16(14(17)11-7-12(11)15(18)19)8-10-6-9-4-2-3-5-13(9)20-10/h2-6,11-12H,7-8H2,1H3,(H,18,19). The molecule has 0 bridgehead atoms. The number of carbonyl (C=O) groups excluding carboxylic acids is 1. The fourth-order valence-corrected chi connectivity index (χ4v) is 2.45. The summed E-state index contributed by atoms with van der Waals surface area (Å²) in [6.45, 7) is 0.357. The summed E-state index contributed by atoms with van der Waals surface area (Å²) in [4.78, 5) is 24.4. The summed E-state index contributed by atoms with van der Waals surface area (Å²) in [5.74, 6) is -1.20. The van der Waals surface area contributed by atoms with Crippen LogP contribution in [0.3, 0.4) is 0 Å². The van der Waals surface area contributed by atoms with Crippen LogP contribution in [0.25, 0.3) is 11.0 Å². The van der Waals surface area contributed by atoms with Crippen LogP contribution in [0, 0.1) is 11.8 Å². The van der Waals surface area contributed by atoms with Gasteiger partial charge in [0.15, 0.2) is 0 Å². The first-order valence-electron chi connectivity index (χ1n) is 6.51. The average molecular weight is 273 g/mol. The molecule has 1 aliphatic carbocycles. The first-order valence-corrected chi connectivity index (χ1v) is 6.51. The Kier molecular flexibility index (Phi) is 2.97. The molecule has 2 unspecified atom stereocenters. The van der Waals surface area contributed by atoms with E-state index in [-0.39, 0.29) is 11.8 Å². The van der Waals surface area contributed by atoms with E-state index in [4.69, 9.17) is 9.52 Å². The predicted octanol–water partition coefficient (Wildman–Crippen LogP) is 2.11. The zero-order valence-electron chi connectivity index (χ0n) is 11.1. The van der Waals surface area contributed by atoms with Crippen LogP contribution in [0.1, 0.15) is 12.2 Å². The second-order valence-corrected chi connectivity index (χ2v) is 5.23. The predicted molar refractivity (Wildman–Crippen MR) is 71.9 cm³/mol. The summed E-state index contributed by atoms with van der Waals surface area (Å²) in [6.07, 6.45) is 0.443. The number of carboxylic acid groups (broad SMARTS) is 1.